The number of nitrogens with zero attached hydrogens (tertiary/aromatic N) is 1. The zero-order valence-electron chi connectivity index (χ0n) is 16.7. The first kappa shape index (κ1) is 20.6. The summed E-state index contributed by atoms with van der Waals surface area (Å²) >= 11 is 0. The van der Waals surface area contributed by atoms with Crippen molar-refractivity contribution in [1.82, 2.24) is 4.31 Å². The monoisotopic (exact) mass is 400 g/mol. The fourth-order valence-electron chi connectivity index (χ4n) is 3.50. The lowest BCUT2D eigenvalue weighted by Crippen LogP contribution is -2.41. The molecule has 6 heteroatoms. The van der Waals surface area contributed by atoms with Crippen molar-refractivity contribution in [2.45, 2.75) is 44.9 Å². The highest BCUT2D eigenvalue weighted by atomic mass is 32.2. The number of carbonyl (C=O) groups excluding carboxylic acids is 1. The lowest BCUT2D eigenvalue weighted by molar-refractivity contribution is -0.120. The Morgan fingerprint density at radius 3 is 2.43 bits per heavy atom. The van der Waals surface area contributed by atoms with E-state index in [0.29, 0.717) is 30.8 Å². The highest BCUT2D eigenvalue weighted by molar-refractivity contribution is 7.89. The van der Waals surface area contributed by atoms with Crippen LogP contribution in [0.4, 0.5) is 5.69 Å². The summed E-state index contributed by atoms with van der Waals surface area (Å²) in [6, 6.07) is 13.1. The smallest absolute Gasteiger partial charge is 0.243 e. The van der Waals surface area contributed by atoms with Crippen LogP contribution >= 0.6 is 0 Å². The fourth-order valence-corrected chi connectivity index (χ4v) is 5.05. The van der Waals surface area contributed by atoms with Crippen LogP contribution in [0.25, 0.3) is 0 Å². The van der Waals surface area contributed by atoms with Gasteiger partial charge < -0.3 is 5.32 Å². The van der Waals surface area contributed by atoms with Crippen molar-refractivity contribution in [3.63, 3.8) is 0 Å². The quantitative estimate of drug-likeness (QED) is 0.828. The van der Waals surface area contributed by atoms with Gasteiger partial charge in [0.25, 0.3) is 0 Å². The fraction of sp³-hybridized carbons (Fsp3) is 0.409. The third-order valence-electron chi connectivity index (χ3n) is 5.54. The Kier molecular flexibility index (Phi) is 6.20. The summed E-state index contributed by atoms with van der Waals surface area (Å²) in [6.07, 6.45) is 1.98. The highest BCUT2D eigenvalue weighted by Gasteiger charge is 2.32. The van der Waals surface area contributed by atoms with E-state index in [4.69, 9.17) is 0 Å². The van der Waals surface area contributed by atoms with Crippen LogP contribution in [0.5, 0.6) is 0 Å². The molecule has 0 atom stereocenters. The molecule has 1 aliphatic rings. The Morgan fingerprint density at radius 1 is 1.07 bits per heavy atom. The Hall–Kier alpha value is -2.18. The third-order valence-corrected chi connectivity index (χ3v) is 7.44. The van der Waals surface area contributed by atoms with Gasteiger partial charge in [0, 0.05) is 24.7 Å². The van der Waals surface area contributed by atoms with Gasteiger partial charge >= 0.3 is 0 Å². The Labute approximate surface area is 167 Å². The Morgan fingerprint density at radius 2 is 1.79 bits per heavy atom. The van der Waals surface area contributed by atoms with Crippen LogP contribution in [0.1, 0.15) is 36.5 Å². The van der Waals surface area contributed by atoms with E-state index >= 15 is 0 Å². The van der Waals surface area contributed by atoms with Gasteiger partial charge in [0.15, 0.2) is 0 Å². The molecule has 1 amide bonds. The van der Waals surface area contributed by atoms with Crippen LogP contribution in [-0.4, -0.2) is 31.7 Å². The first-order chi connectivity index (χ1) is 13.3. The molecule has 3 rings (SSSR count). The molecule has 28 heavy (non-hydrogen) atoms. The number of hydrogen-bond acceptors (Lipinski definition) is 3. The largest absolute Gasteiger partial charge is 0.326 e. The van der Waals surface area contributed by atoms with Crippen molar-refractivity contribution < 1.29 is 13.2 Å². The molecule has 150 valence electrons. The molecular weight excluding hydrogens is 372 g/mol. The maximum atomic E-state index is 12.9. The molecule has 1 heterocycles. The first-order valence-electron chi connectivity index (χ1n) is 9.78. The molecule has 1 saturated heterocycles. The van der Waals surface area contributed by atoms with E-state index in [1.807, 2.05) is 44.2 Å². The van der Waals surface area contributed by atoms with E-state index in [-0.39, 0.29) is 11.8 Å². The van der Waals surface area contributed by atoms with Crippen molar-refractivity contribution in [3.05, 3.63) is 59.2 Å². The zero-order valence-corrected chi connectivity index (χ0v) is 17.6. The van der Waals surface area contributed by atoms with Crippen molar-refractivity contribution in [1.29, 1.82) is 0 Å². The molecule has 0 unspecified atom stereocenters. The zero-order chi connectivity index (χ0) is 20.3. The number of hydrogen-bond donors (Lipinski definition) is 1. The SMILES string of the molecule is CCc1cccc(NC(=O)C2CCN(S(=O)(=O)c3ccc(C)c(C)c3)CC2)c1. The minimum atomic E-state index is -3.52. The van der Waals surface area contributed by atoms with Crippen LogP contribution < -0.4 is 5.32 Å². The molecule has 1 fully saturated rings. The molecular formula is C22H28N2O3S. The Balaban J connectivity index is 1.63. The number of nitrogens with one attached hydrogen (secondary N) is 1. The lowest BCUT2D eigenvalue weighted by Gasteiger charge is -2.30. The number of aryl methyl sites for hydroxylation is 3. The summed E-state index contributed by atoms with van der Waals surface area (Å²) < 4.78 is 27.3. The topological polar surface area (TPSA) is 66.5 Å². The predicted molar refractivity (Wildman–Crippen MR) is 112 cm³/mol. The number of sulfonamides is 1. The summed E-state index contributed by atoms with van der Waals surface area (Å²) in [7, 11) is -3.52. The summed E-state index contributed by atoms with van der Waals surface area (Å²) in [4.78, 5) is 12.9. The maximum absolute atomic E-state index is 12.9. The standard InChI is InChI=1S/C22H28N2O3S/c1-4-18-6-5-7-20(15-18)23-22(25)19-10-12-24(13-11-19)28(26,27)21-9-8-16(2)17(3)14-21/h5-9,14-15,19H,4,10-13H2,1-3H3,(H,23,25). The lowest BCUT2D eigenvalue weighted by atomic mass is 9.97. The molecule has 0 bridgehead atoms. The molecule has 0 radical (unpaired) electrons. The number of piperidine rings is 1. The van der Waals surface area contributed by atoms with Gasteiger partial charge in [0.2, 0.25) is 15.9 Å². The third kappa shape index (κ3) is 4.45. The van der Waals surface area contributed by atoms with Crippen molar-refractivity contribution >= 4 is 21.6 Å². The van der Waals surface area contributed by atoms with Crippen LogP contribution in [0, 0.1) is 19.8 Å². The summed E-state index contributed by atoms with van der Waals surface area (Å²) in [5.74, 6) is -0.201. The molecule has 2 aromatic rings. The van der Waals surface area contributed by atoms with E-state index in [1.165, 1.54) is 9.87 Å². The summed E-state index contributed by atoms with van der Waals surface area (Å²) in [6.45, 7) is 6.68. The van der Waals surface area contributed by atoms with E-state index in [0.717, 1.165) is 23.2 Å². The van der Waals surface area contributed by atoms with Gasteiger partial charge in [0.1, 0.15) is 0 Å². The van der Waals surface area contributed by atoms with Crippen LogP contribution in [-0.2, 0) is 21.2 Å². The average Bonchev–Trinajstić information content (AvgIpc) is 2.70. The van der Waals surface area contributed by atoms with E-state index < -0.39 is 10.0 Å². The van der Waals surface area contributed by atoms with Gasteiger partial charge in [0.05, 0.1) is 4.90 Å². The highest BCUT2D eigenvalue weighted by Crippen LogP contribution is 2.26. The van der Waals surface area contributed by atoms with Crippen molar-refractivity contribution in [2.24, 2.45) is 5.92 Å². The molecule has 0 saturated carbocycles. The van der Waals surface area contributed by atoms with Gasteiger partial charge in [-0.2, -0.15) is 4.31 Å². The van der Waals surface area contributed by atoms with Crippen LogP contribution in [0.3, 0.4) is 0 Å². The molecule has 0 aromatic heterocycles. The summed E-state index contributed by atoms with van der Waals surface area (Å²) in [5.41, 5.74) is 4.01. The van der Waals surface area contributed by atoms with E-state index in [1.54, 1.807) is 12.1 Å². The second-order valence-corrected chi connectivity index (χ2v) is 9.41. The minimum Gasteiger partial charge on any atom is -0.326 e. The average molecular weight is 401 g/mol. The number of rotatable bonds is 5. The Bertz CT molecular complexity index is 961. The second kappa shape index (κ2) is 8.45. The number of carbonyl (C=O) groups is 1. The number of benzene rings is 2. The number of anilines is 1. The van der Waals surface area contributed by atoms with Crippen molar-refractivity contribution in [2.75, 3.05) is 18.4 Å². The molecule has 0 aliphatic carbocycles. The van der Waals surface area contributed by atoms with E-state index in [9.17, 15) is 13.2 Å². The van der Waals surface area contributed by atoms with Gasteiger partial charge in [-0.25, -0.2) is 8.42 Å². The molecule has 5 nitrogen and oxygen atoms in total. The van der Waals surface area contributed by atoms with Gasteiger partial charge in [-0.15, -0.1) is 0 Å². The van der Waals surface area contributed by atoms with Gasteiger partial charge in [-0.1, -0.05) is 25.1 Å². The second-order valence-electron chi connectivity index (χ2n) is 7.47. The van der Waals surface area contributed by atoms with Crippen LogP contribution in [0.15, 0.2) is 47.4 Å². The van der Waals surface area contributed by atoms with Crippen LogP contribution in [0.2, 0.25) is 0 Å². The summed E-state index contributed by atoms with van der Waals surface area (Å²) in [5, 5.41) is 2.98. The molecule has 2 aromatic carbocycles. The molecule has 1 N–H and O–H groups in total. The first-order valence-corrected chi connectivity index (χ1v) is 11.2. The normalized spacial score (nSPS) is 16.1. The molecule has 1 aliphatic heterocycles. The number of amides is 1. The maximum Gasteiger partial charge on any atom is 0.243 e. The van der Waals surface area contributed by atoms with E-state index in [2.05, 4.69) is 12.2 Å². The van der Waals surface area contributed by atoms with Gasteiger partial charge in [-0.3, -0.25) is 4.79 Å². The predicted octanol–water partition coefficient (Wildman–Crippen LogP) is 3.91. The van der Waals surface area contributed by atoms with Crippen molar-refractivity contribution in [3.8, 4) is 0 Å². The molecule has 0 spiro atoms. The minimum absolute atomic E-state index is 0.0310. The van der Waals surface area contributed by atoms with Gasteiger partial charge in [-0.05, 0) is 74.1 Å².